The van der Waals surface area contributed by atoms with E-state index in [2.05, 4.69) is 33.2 Å². The molecule has 0 saturated heterocycles. The van der Waals surface area contributed by atoms with E-state index in [1.165, 1.54) is 12.1 Å². The van der Waals surface area contributed by atoms with E-state index in [9.17, 15) is 9.18 Å². The van der Waals surface area contributed by atoms with Crippen molar-refractivity contribution in [3.8, 4) is 0 Å². The lowest BCUT2D eigenvalue weighted by atomic mass is 10.1. The largest absolute Gasteiger partial charge is 0.351 e. The second-order valence-electron chi connectivity index (χ2n) is 4.02. The monoisotopic (exact) mass is 302 g/mol. The molecule has 0 spiro atoms. The van der Waals surface area contributed by atoms with Crippen LogP contribution in [0.4, 0.5) is 4.39 Å². The average molecular weight is 303 g/mol. The summed E-state index contributed by atoms with van der Waals surface area (Å²) in [5.41, 5.74) is 0.250. The van der Waals surface area contributed by atoms with Crippen LogP contribution < -0.4 is 5.32 Å². The SMILES string of the molecule is CC(CBr)CCCNC(=O)c1ccc(F)cn1. The molecule has 94 valence electrons. The van der Waals surface area contributed by atoms with Gasteiger partial charge in [-0.25, -0.2) is 9.37 Å². The fourth-order valence-corrected chi connectivity index (χ4v) is 1.65. The number of nitrogens with zero attached hydrogens (tertiary/aromatic N) is 1. The lowest BCUT2D eigenvalue weighted by molar-refractivity contribution is 0.0947. The number of alkyl halides is 1. The molecule has 0 fully saturated rings. The van der Waals surface area contributed by atoms with E-state index in [0.29, 0.717) is 12.5 Å². The van der Waals surface area contributed by atoms with Crippen LogP contribution in [-0.4, -0.2) is 22.8 Å². The molecule has 0 aliphatic rings. The van der Waals surface area contributed by atoms with Crippen LogP contribution in [0.25, 0.3) is 0 Å². The van der Waals surface area contributed by atoms with E-state index in [1.807, 2.05) is 0 Å². The maximum atomic E-state index is 12.6. The molecule has 3 nitrogen and oxygen atoms in total. The van der Waals surface area contributed by atoms with Gasteiger partial charge in [-0.2, -0.15) is 0 Å². The first-order chi connectivity index (χ1) is 8.13. The van der Waals surface area contributed by atoms with Crippen LogP contribution in [0.15, 0.2) is 18.3 Å². The van der Waals surface area contributed by atoms with E-state index in [1.54, 1.807) is 0 Å². The molecule has 0 aromatic carbocycles. The van der Waals surface area contributed by atoms with E-state index >= 15 is 0 Å². The van der Waals surface area contributed by atoms with E-state index in [0.717, 1.165) is 24.4 Å². The summed E-state index contributed by atoms with van der Waals surface area (Å²) in [6, 6.07) is 2.61. The lowest BCUT2D eigenvalue weighted by Gasteiger charge is -2.08. The van der Waals surface area contributed by atoms with Crippen LogP contribution in [0, 0.1) is 11.7 Å². The van der Waals surface area contributed by atoms with Crippen molar-refractivity contribution in [2.75, 3.05) is 11.9 Å². The third-order valence-electron chi connectivity index (χ3n) is 2.38. The number of rotatable bonds is 6. The number of carbonyl (C=O) groups is 1. The Labute approximate surface area is 109 Å². The average Bonchev–Trinajstić information content (AvgIpc) is 2.34. The highest BCUT2D eigenvalue weighted by Gasteiger charge is 2.06. The Morgan fingerprint density at radius 2 is 2.35 bits per heavy atom. The summed E-state index contributed by atoms with van der Waals surface area (Å²) in [4.78, 5) is 15.3. The molecule has 1 heterocycles. The Morgan fingerprint density at radius 3 is 2.94 bits per heavy atom. The molecular formula is C12H16BrFN2O. The third-order valence-corrected chi connectivity index (χ3v) is 3.49. The zero-order valence-electron chi connectivity index (χ0n) is 9.75. The number of nitrogens with one attached hydrogen (secondary N) is 1. The standard InChI is InChI=1S/C12H16BrFN2O/c1-9(7-13)3-2-6-15-12(17)11-5-4-10(14)8-16-11/h4-5,8-9H,2-3,6-7H2,1H3,(H,15,17). The molecule has 1 unspecified atom stereocenters. The fraction of sp³-hybridized carbons (Fsp3) is 0.500. The predicted molar refractivity (Wildman–Crippen MR) is 68.7 cm³/mol. The molecule has 0 bridgehead atoms. The Kier molecular flexibility index (Phi) is 6.11. The van der Waals surface area contributed by atoms with Crippen molar-refractivity contribution in [3.63, 3.8) is 0 Å². The highest BCUT2D eigenvalue weighted by atomic mass is 79.9. The number of halogens is 2. The van der Waals surface area contributed by atoms with Crippen LogP contribution in [-0.2, 0) is 0 Å². The molecule has 1 rings (SSSR count). The maximum Gasteiger partial charge on any atom is 0.269 e. The molecule has 17 heavy (non-hydrogen) atoms. The van der Waals surface area contributed by atoms with Crippen molar-refractivity contribution < 1.29 is 9.18 Å². The third kappa shape index (κ3) is 5.26. The molecule has 0 aliphatic carbocycles. The van der Waals surface area contributed by atoms with Gasteiger partial charge in [-0.3, -0.25) is 4.79 Å². The first-order valence-corrected chi connectivity index (χ1v) is 6.71. The number of amides is 1. The number of aromatic nitrogens is 1. The highest BCUT2D eigenvalue weighted by molar-refractivity contribution is 9.09. The Hall–Kier alpha value is -0.970. The molecule has 1 aromatic rings. The summed E-state index contributed by atoms with van der Waals surface area (Å²) in [5, 5.41) is 3.73. The number of hydrogen-bond donors (Lipinski definition) is 1. The Morgan fingerprint density at radius 1 is 1.59 bits per heavy atom. The second kappa shape index (κ2) is 7.37. The Balaban J connectivity index is 2.28. The molecule has 0 radical (unpaired) electrons. The lowest BCUT2D eigenvalue weighted by Crippen LogP contribution is -2.25. The summed E-state index contributed by atoms with van der Waals surface area (Å²) in [6.07, 6.45) is 3.03. The number of pyridine rings is 1. The molecule has 1 atom stereocenters. The second-order valence-corrected chi connectivity index (χ2v) is 4.67. The molecule has 0 aliphatic heterocycles. The van der Waals surface area contributed by atoms with Crippen molar-refractivity contribution in [2.45, 2.75) is 19.8 Å². The van der Waals surface area contributed by atoms with Gasteiger partial charge in [0, 0.05) is 11.9 Å². The smallest absolute Gasteiger partial charge is 0.269 e. The van der Waals surface area contributed by atoms with Gasteiger partial charge in [-0.15, -0.1) is 0 Å². The minimum atomic E-state index is -0.437. The highest BCUT2D eigenvalue weighted by Crippen LogP contribution is 2.07. The first kappa shape index (κ1) is 14.1. The summed E-state index contributed by atoms with van der Waals surface area (Å²) >= 11 is 3.41. The summed E-state index contributed by atoms with van der Waals surface area (Å²) in [5.74, 6) is -0.0833. The molecular weight excluding hydrogens is 287 g/mol. The van der Waals surface area contributed by atoms with Crippen LogP contribution in [0.2, 0.25) is 0 Å². The molecule has 1 amide bonds. The van der Waals surface area contributed by atoms with Crippen molar-refractivity contribution in [1.29, 1.82) is 0 Å². The van der Waals surface area contributed by atoms with Crippen molar-refractivity contribution >= 4 is 21.8 Å². The van der Waals surface area contributed by atoms with E-state index in [4.69, 9.17) is 0 Å². The van der Waals surface area contributed by atoms with Crippen molar-refractivity contribution in [1.82, 2.24) is 10.3 Å². The Bertz CT molecular complexity index is 356. The minimum Gasteiger partial charge on any atom is -0.351 e. The number of hydrogen-bond acceptors (Lipinski definition) is 2. The van der Waals surface area contributed by atoms with Crippen molar-refractivity contribution in [3.05, 3.63) is 29.8 Å². The first-order valence-electron chi connectivity index (χ1n) is 5.59. The van der Waals surface area contributed by atoms with Crippen LogP contribution in [0.5, 0.6) is 0 Å². The predicted octanol–water partition coefficient (Wildman–Crippen LogP) is 2.76. The van der Waals surface area contributed by atoms with Gasteiger partial charge in [0.15, 0.2) is 0 Å². The summed E-state index contributed by atoms with van der Waals surface area (Å²) in [6.45, 7) is 2.77. The normalized spacial score (nSPS) is 12.2. The molecule has 5 heteroatoms. The number of carbonyl (C=O) groups excluding carboxylic acids is 1. The van der Waals surface area contributed by atoms with Crippen LogP contribution in [0.1, 0.15) is 30.3 Å². The van der Waals surface area contributed by atoms with Gasteiger partial charge in [0.1, 0.15) is 11.5 Å². The van der Waals surface area contributed by atoms with Gasteiger partial charge in [-0.1, -0.05) is 22.9 Å². The maximum absolute atomic E-state index is 12.6. The summed E-state index contributed by atoms with van der Waals surface area (Å²) in [7, 11) is 0. The van der Waals surface area contributed by atoms with Gasteiger partial charge < -0.3 is 5.32 Å². The van der Waals surface area contributed by atoms with Crippen LogP contribution in [0.3, 0.4) is 0 Å². The van der Waals surface area contributed by atoms with Gasteiger partial charge in [0.05, 0.1) is 6.20 Å². The summed E-state index contributed by atoms with van der Waals surface area (Å²) < 4.78 is 12.6. The van der Waals surface area contributed by atoms with E-state index < -0.39 is 5.82 Å². The zero-order valence-corrected chi connectivity index (χ0v) is 11.3. The zero-order chi connectivity index (χ0) is 12.7. The van der Waals surface area contributed by atoms with Gasteiger partial charge >= 0.3 is 0 Å². The van der Waals surface area contributed by atoms with Gasteiger partial charge in [0.2, 0.25) is 0 Å². The van der Waals surface area contributed by atoms with Gasteiger partial charge in [0.25, 0.3) is 5.91 Å². The van der Waals surface area contributed by atoms with Crippen LogP contribution >= 0.6 is 15.9 Å². The quantitative estimate of drug-likeness (QED) is 0.648. The fourth-order valence-electron chi connectivity index (χ4n) is 1.33. The van der Waals surface area contributed by atoms with Crippen molar-refractivity contribution in [2.24, 2.45) is 5.92 Å². The molecule has 1 aromatic heterocycles. The van der Waals surface area contributed by atoms with Gasteiger partial charge in [-0.05, 0) is 30.9 Å². The molecule has 1 N–H and O–H groups in total. The topological polar surface area (TPSA) is 42.0 Å². The minimum absolute atomic E-state index is 0.250. The molecule has 0 saturated carbocycles. The van der Waals surface area contributed by atoms with E-state index in [-0.39, 0.29) is 11.6 Å².